The molecule has 1 aromatic carbocycles. The molecule has 0 saturated carbocycles. The van der Waals surface area contributed by atoms with Crippen LogP contribution in [0.15, 0.2) is 23.2 Å². The number of amides is 3. The van der Waals surface area contributed by atoms with E-state index in [4.69, 9.17) is 4.99 Å². The van der Waals surface area contributed by atoms with Crippen molar-refractivity contribution >= 4 is 23.7 Å². The van der Waals surface area contributed by atoms with E-state index < -0.39 is 6.04 Å². The number of rotatable bonds is 1. The molecule has 2 aliphatic heterocycles. The average molecular weight is 352 g/mol. The van der Waals surface area contributed by atoms with Crippen LogP contribution in [0, 0.1) is 27.7 Å². The molecule has 1 atom stereocenters. The number of imide groups is 1. The topological polar surface area (TPSA) is 61.8 Å². The first-order valence-electron chi connectivity index (χ1n) is 8.59. The molecule has 26 heavy (non-hydrogen) atoms. The molecule has 0 bridgehead atoms. The normalized spacial score (nSPS) is 19.0. The molecular weight excluding hydrogens is 330 g/mol. The minimum Gasteiger partial charge on any atom is -0.270 e. The van der Waals surface area contributed by atoms with Crippen molar-refractivity contribution in [3.05, 3.63) is 40.7 Å². The number of carbonyl (C=O) groups is 2. The highest BCUT2D eigenvalue weighted by molar-refractivity contribution is 6.18. The number of nitrogens with zero attached hydrogens (tertiary/aromatic N) is 5. The van der Waals surface area contributed by atoms with Gasteiger partial charge >= 0.3 is 12.0 Å². The third-order valence-corrected chi connectivity index (χ3v) is 5.58. The first kappa shape index (κ1) is 16.5. The van der Waals surface area contributed by atoms with Crippen LogP contribution in [0.2, 0.25) is 0 Å². The summed E-state index contributed by atoms with van der Waals surface area (Å²) in [4.78, 5) is 32.4. The van der Waals surface area contributed by atoms with Gasteiger partial charge in [-0.3, -0.25) is 14.6 Å². The Labute approximate surface area is 152 Å². The number of imidazole rings is 1. The standard InChI is InChI=1S/C19H22N5O2/c1-10-7-8-14(9-11(10)2)23-12(3)13(4)24-15-16(20-18(23)24)21(5)19(26)22(6)17(15)25/h7-9,15H,1-6H3/q+1. The Balaban J connectivity index is 1.97. The van der Waals surface area contributed by atoms with E-state index in [0.717, 1.165) is 22.0 Å². The van der Waals surface area contributed by atoms with Gasteiger partial charge in [-0.2, -0.15) is 4.57 Å². The maximum atomic E-state index is 12.8. The average Bonchev–Trinajstić information content (AvgIpc) is 3.10. The molecule has 7 heteroatoms. The van der Waals surface area contributed by atoms with Gasteiger partial charge in [0.25, 0.3) is 5.91 Å². The number of aryl methyl sites for hydroxylation is 2. The van der Waals surface area contributed by atoms with E-state index in [9.17, 15) is 9.59 Å². The molecule has 2 aromatic rings. The zero-order chi connectivity index (χ0) is 18.9. The number of likely N-dealkylation sites (N-methyl/N-ethyl adjacent to an activating group) is 2. The molecule has 1 unspecified atom stereocenters. The third-order valence-electron chi connectivity index (χ3n) is 5.58. The minimum absolute atomic E-state index is 0.254. The van der Waals surface area contributed by atoms with Gasteiger partial charge in [0.15, 0.2) is 0 Å². The molecule has 7 nitrogen and oxygen atoms in total. The van der Waals surface area contributed by atoms with Crippen LogP contribution in [0.1, 0.15) is 28.6 Å². The summed E-state index contributed by atoms with van der Waals surface area (Å²) in [5, 5.41) is 0. The van der Waals surface area contributed by atoms with E-state index in [1.54, 1.807) is 7.05 Å². The number of amidine groups is 1. The Bertz CT molecular complexity index is 1020. The van der Waals surface area contributed by atoms with Gasteiger partial charge in [-0.15, -0.1) is 0 Å². The molecule has 1 fully saturated rings. The van der Waals surface area contributed by atoms with E-state index in [1.165, 1.54) is 23.1 Å². The second-order valence-corrected chi connectivity index (χ2v) is 7.06. The largest absolute Gasteiger partial charge is 0.407 e. The predicted molar refractivity (Wildman–Crippen MR) is 97.0 cm³/mol. The number of urea groups is 1. The number of aromatic nitrogens is 2. The summed E-state index contributed by atoms with van der Waals surface area (Å²) in [5.41, 5.74) is 5.41. The van der Waals surface area contributed by atoms with Crippen LogP contribution < -0.4 is 4.57 Å². The summed E-state index contributed by atoms with van der Waals surface area (Å²) >= 11 is 0. The van der Waals surface area contributed by atoms with Crippen molar-refractivity contribution in [3.63, 3.8) is 0 Å². The van der Waals surface area contributed by atoms with Crippen molar-refractivity contribution in [1.29, 1.82) is 0 Å². The number of hydrogen-bond acceptors (Lipinski definition) is 3. The molecule has 0 aliphatic carbocycles. The summed E-state index contributed by atoms with van der Waals surface area (Å²) in [6.07, 6.45) is 0. The Morgan fingerprint density at radius 2 is 1.69 bits per heavy atom. The lowest BCUT2D eigenvalue weighted by Crippen LogP contribution is -2.62. The van der Waals surface area contributed by atoms with E-state index in [2.05, 4.69) is 36.6 Å². The van der Waals surface area contributed by atoms with E-state index >= 15 is 0 Å². The lowest BCUT2D eigenvalue weighted by molar-refractivity contribution is -0.682. The summed E-state index contributed by atoms with van der Waals surface area (Å²) in [5.74, 6) is 0.899. The molecule has 0 N–H and O–H groups in total. The Morgan fingerprint density at radius 3 is 2.35 bits per heavy atom. The number of fused-ring (bicyclic) bond motifs is 3. The van der Waals surface area contributed by atoms with Crippen molar-refractivity contribution in [2.45, 2.75) is 33.7 Å². The highest BCUT2D eigenvalue weighted by Crippen LogP contribution is 2.32. The van der Waals surface area contributed by atoms with Crippen LogP contribution in [0.4, 0.5) is 10.7 Å². The molecule has 3 heterocycles. The lowest BCUT2D eigenvalue weighted by Gasteiger charge is -2.30. The molecule has 4 rings (SSSR count). The lowest BCUT2D eigenvalue weighted by atomic mass is 10.1. The van der Waals surface area contributed by atoms with Crippen LogP contribution in [0.5, 0.6) is 0 Å². The fraction of sp³-hybridized carbons (Fsp3) is 0.368. The zero-order valence-corrected chi connectivity index (χ0v) is 15.9. The Morgan fingerprint density at radius 1 is 1.00 bits per heavy atom. The molecule has 1 aromatic heterocycles. The van der Waals surface area contributed by atoms with Crippen LogP contribution >= 0.6 is 0 Å². The van der Waals surface area contributed by atoms with Crippen LogP contribution in [-0.2, 0) is 4.79 Å². The predicted octanol–water partition coefficient (Wildman–Crippen LogP) is 2.11. The second kappa shape index (κ2) is 5.27. The molecule has 0 radical (unpaired) electrons. The molecular formula is C19H22N5O2+. The van der Waals surface area contributed by atoms with Gasteiger partial charge in [0, 0.05) is 14.1 Å². The maximum Gasteiger partial charge on any atom is 0.407 e. The van der Waals surface area contributed by atoms with E-state index in [1.807, 2.05) is 18.4 Å². The van der Waals surface area contributed by atoms with Crippen molar-refractivity contribution in [1.82, 2.24) is 14.4 Å². The smallest absolute Gasteiger partial charge is 0.270 e. The monoisotopic (exact) mass is 352 g/mol. The summed E-state index contributed by atoms with van der Waals surface area (Å²) in [7, 11) is 3.17. The van der Waals surface area contributed by atoms with Gasteiger partial charge in [0.2, 0.25) is 11.9 Å². The van der Waals surface area contributed by atoms with Crippen molar-refractivity contribution in [3.8, 4) is 5.69 Å². The number of hydrogen-bond donors (Lipinski definition) is 0. The third kappa shape index (κ3) is 1.94. The number of benzene rings is 1. The summed E-state index contributed by atoms with van der Waals surface area (Å²) in [6, 6.07) is 5.31. The Kier molecular flexibility index (Phi) is 3.34. The number of aliphatic imine (C=N–C) groups is 1. The fourth-order valence-corrected chi connectivity index (χ4v) is 3.69. The van der Waals surface area contributed by atoms with Crippen LogP contribution in [0.25, 0.3) is 5.69 Å². The highest BCUT2D eigenvalue weighted by atomic mass is 16.2. The first-order chi connectivity index (χ1) is 12.2. The first-order valence-corrected chi connectivity index (χ1v) is 8.59. The zero-order valence-electron chi connectivity index (χ0n) is 15.9. The highest BCUT2D eigenvalue weighted by Gasteiger charge is 2.53. The van der Waals surface area contributed by atoms with Gasteiger partial charge in [0.1, 0.15) is 17.1 Å². The minimum atomic E-state index is -0.593. The van der Waals surface area contributed by atoms with Crippen molar-refractivity contribution in [2.24, 2.45) is 4.99 Å². The fourth-order valence-electron chi connectivity index (χ4n) is 3.69. The van der Waals surface area contributed by atoms with Crippen molar-refractivity contribution < 1.29 is 14.2 Å². The van der Waals surface area contributed by atoms with E-state index in [0.29, 0.717) is 11.8 Å². The molecule has 3 amide bonds. The maximum absolute atomic E-state index is 12.8. The van der Waals surface area contributed by atoms with Crippen molar-refractivity contribution in [2.75, 3.05) is 14.1 Å². The Hall–Kier alpha value is -2.96. The van der Waals surface area contributed by atoms with Crippen LogP contribution in [-0.4, -0.2) is 46.2 Å². The van der Waals surface area contributed by atoms with Gasteiger partial charge in [-0.1, -0.05) is 11.1 Å². The van der Waals surface area contributed by atoms with Gasteiger partial charge in [-0.05, 0) is 51.0 Å². The SMILES string of the molecule is Cc1ccc(-n2c(C)c(C)[n+]3c2N=C2C3C(=O)N(C)C(=O)N2C)cc1C. The second-order valence-electron chi connectivity index (χ2n) is 7.06. The summed E-state index contributed by atoms with van der Waals surface area (Å²) < 4.78 is 3.99. The van der Waals surface area contributed by atoms with E-state index in [-0.39, 0.29) is 11.9 Å². The molecule has 134 valence electrons. The quantitative estimate of drug-likeness (QED) is 0.738. The molecule has 0 spiro atoms. The molecule has 2 aliphatic rings. The van der Waals surface area contributed by atoms with Gasteiger partial charge < -0.3 is 0 Å². The van der Waals surface area contributed by atoms with Gasteiger partial charge in [-0.25, -0.2) is 9.36 Å². The van der Waals surface area contributed by atoms with Crippen LogP contribution in [0.3, 0.4) is 0 Å². The number of carbonyl (C=O) groups excluding carboxylic acids is 2. The molecule has 1 saturated heterocycles. The van der Waals surface area contributed by atoms with Gasteiger partial charge in [0.05, 0.1) is 0 Å². The summed E-state index contributed by atoms with van der Waals surface area (Å²) in [6.45, 7) is 8.17.